The number of para-hydroxylation sites is 1. The van der Waals surface area contributed by atoms with E-state index in [1.807, 2.05) is 32.6 Å². The van der Waals surface area contributed by atoms with Gasteiger partial charge in [0.25, 0.3) is 5.91 Å². The van der Waals surface area contributed by atoms with Gasteiger partial charge < -0.3 is 29.2 Å². The number of carbonyl (C=O) groups is 2. The minimum Gasteiger partial charge on any atom is -0.385 e. The van der Waals surface area contributed by atoms with Crippen LogP contribution in [0.1, 0.15) is 43.7 Å². The number of rotatable bonds is 10. The lowest BCUT2D eigenvalue weighted by atomic mass is 9.92. The number of amides is 2. The van der Waals surface area contributed by atoms with Gasteiger partial charge in [0.2, 0.25) is 5.91 Å². The maximum absolute atomic E-state index is 14.2. The van der Waals surface area contributed by atoms with E-state index in [1.54, 1.807) is 7.11 Å². The fourth-order valence-corrected chi connectivity index (χ4v) is 5.62. The van der Waals surface area contributed by atoms with Crippen LogP contribution in [0.4, 0.5) is 0 Å². The molecule has 1 aromatic heterocycles. The van der Waals surface area contributed by atoms with Gasteiger partial charge in [0, 0.05) is 59.0 Å². The quantitative estimate of drug-likeness (QED) is 0.472. The number of methoxy groups -OCH3 is 1. The summed E-state index contributed by atoms with van der Waals surface area (Å²) in [5, 5.41) is 4.01. The highest BCUT2D eigenvalue weighted by Gasteiger charge is 2.36. The molecule has 0 bridgehead atoms. The molecule has 2 saturated heterocycles. The van der Waals surface area contributed by atoms with Crippen molar-refractivity contribution < 1.29 is 19.1 Å². The number of benzene rings is 1. The van der Waals surface area contributed by atoms with E-state index < -0.39 is 0 Å². The molecule has 0 radical (unpaired) electrons. The van der Waals surface area contributed by atoms with Crippen molar-refractivity contribution in [2.75, 3.05) is 59.7 Å². The van der Waals surface area contributed by atoms with E-state index in [-0.39, 0.29) is 29.7 Å². The van der Waals surface area contributed by atoms with E-state index in [9.17, 15) is 9.59 Å². The Labute approximate surface area is 224 Å². The number of halogens is 1. The molecular weight excluding hydrogens is 494 g/mol. The second-order valence-electron chi connectivity index (χ2n) is 10.4. The molecule has 10 heteroatoms. The molecule has 37 heavy (non-hydrogen) atoms. The zero-order valence-electron chi connectivity index (χ0n) is 22.2. The van der Waals surface area contributed by atoms with Crippen LogP contribution in [0, 0.1) is 11.8 Å². The summed E-state index contributed by atoms with van der Waals surface area (Å²) >= 11 is 6.59. The Morgan fingerprint density at radius 3 is 2.76 bits per heavy atom. The van der Waals surface area contributed by atoms with Crippen molar-refractivity contribution >= 4 is 34.4 Å². The van der Waals surface area contributed by atoms with Gasteiger partial charge in [-0.15, -0.1) is 0 Å². The summed E-state index contributed by atoms with van der Waals surface area (Å²) in [6, 6.07) is 5.50. The standard InChI is InChI=1S/C27H40ClN5O4/c1-19(2)18-33(21-15-20(16-29-17-21)26(34)31-10-13-37-14-11-31)27(35)25-30-23-8-6-7-22(28)24(23)32(25)9-4-5-12-36-3/h6-8,19-21,29H,4-5,9-18H2,1-3H3/t20?,21-/m0/s1. The highest BCUT2D eigenvalue weighted by atomic mass is 35.5. The number of nitrogens with zero attached hydrogens (tertiary/aromatic N) is 4. The van der Waals surface area contributed by atoms with Gasteiger partial charge in [0.15, 0.2) is 5.82 Å². The number of aryl methyl sites for hydroxylation is 1. The molecule has 0 saturated carbocycles. The molecule has 204 valence electrons. The van der Waals surface area contributed by atoms with Gasteiger partial charge in [-0.3, -0.25) is 9.59 Å². The highest BCUT2D eigenvalue weighted by Crippen LogP contribution is 2.28. The summed E-state index contributed by atoms with van der Waals surface area (Å²) in [5.74, 6) is 0.542. The molecule has 2 amide bonds. The summed E-state index contributed by atoms with van der Waals surface area (Å²) in [6.45, 7) is 9.79. The monoisotopic (exact) mass is 533 g/mol. The van der Waals surface area contributed by atoms with Crippen LogP contribution in [-0.4, -0.2) is 96.9 Å². The first kappa shape index (κ1) is 27.8. The molecule has 9 nitrogen and oxygen atoms in total. The van der Waals surface area contributed by atoms with Gasteiger partial charge in [0.05, 0.1) is 35.2 Å². The average Bonchev–Trinajstić information content (AvgIpc) is 3.29. The van der Waals surface area contributed by atoms with Gasteiger partial charge in [-0.2, -0.15) is 0 Å². The number of unbranched alkanes of at least 4 members (excludes halogenated alkanes) is 1. The second kappa shape index (κ2) is 13.0. The number of morpholine rings is 1. The Kier molecular flexibility index (Phi) is 9.81. The van der Waals surface area contributed by atoms with Gasteiger partial charge in [-0.05, 0) is 37.3 Å². The minimum atomic E-state index is -0.165. The van der Waals surface area contributed by atoms with E-state index in [1.165, 1.54) is 0 Å². The maximum Gasteiger partial charge on any atom is 0.290 e. The molecule has 0 aliphatic carbocycles. The smallest absolute Gasteiger partial charge is 0.290 e. The number of nitrogens with one attached hydrogen (secondary N) is 1. The predicted octanol–water partition coefficient (Wildman–Crippen LogP) is 3.05. The fraction of sp³-hybridized carbons (Fsp3) is 0.667. The first-order valence-corrected chi connectivity index (χ1v) is 13.8. The van der Waals surface area contributed by atoms with Crippen molar-refractivity contribution in [1.82, 2.24) is 24.7 Å². The van der Waals surface area contributed by atoms with Crippen molar-refractivity contribution in [3.05, 3.63) is 29.0 Å². The molecule has 1 unspecified atom stereocenters. The Bertz CT molecular complexity index is 1070. The molecule has 4 rings (SSSR count). The third-order valence-electron chi connectivity index (χ3n) is 7.15. The summed E-state index contributed by atoms with van der Waals surface area (Å²) in [4.78, 5) is 36.0. The molecule has 2 aliphatic rings. The van der Waals surface area contributed by atoms with Crippen LogP contribution in [-0.2, 0) is 20.8 Å². The molecule has 1 aromatic carbocycles. The zero-order chi connectivity index (χ0) is 26.4. The normalized spacial score (nSPS) is 20.5. The van der Waals surface area contributed by atoms with E-state index in [2.05, 4.69) is 19.2 Å². The summed E-state index contributed by atoms with van der Waals surface area (Å²) in [5.41, 5.74) is 1.51. The Hall–Kier alpha value is -2.20. The lowest BCUT2D eigenvalue weighted by Crippen LogP contribution is -2.56. The van der Waals surface area contributed by atoms with E-state index in [0.29, 0.717) is 81.9 Å². The van der Waals surface area contributed by atoms with Crippen molar-refractivity contribution in [3.8, 4) is 0 Å². The average molecular weight is 534 g/mol. The van der Waals surface area contributed by atoms with Crippen LogP contribution in [0.5, 0.6) is 0 Å². The lowest BCUT2D eigenvalue weighted by Gasteiger charge is -2.40. The first-order valence-electron chi connectivity index (χ1n) is 13.4. The third-order valence-corrected chi connectivity index (χ3v) is 7.46. The second-order valence-corrected chi connectivity index (χ2v) is 10.8. The topological polar surface area (TPSA) is 88.9 Å². The van der Waals surface area contributed by atoms with Crippen LogP contribution in [0.15, 0.2) is 18.2 Å². The minimum absolute atomic E-state index is 0.101. The molecule has 2 aromatic rings. The molecule has 2 aliphatic heterocycles. The van der Waals surface area contributed by atoms with Crippen LogP contribution in [0.25, 0.3) is 11.0 Å². The van der Waals surface area contributed by atoms with Crippen LogP contribution in [0.2, 0.25) is 5.02 Å². The number of fused-ring (bicyclic) bond motifs is 1. The predicted molar refractivity (Wildman–Crippen MR) is 144 cm³/mol. The molecule has 3 heterocycles. The molecular formula is C27H40ClN5O4. The van der Waals surface area contributed by atoms with Crippen molar-refractivity contribution in [3.63, 3.8) is 0 Å². The number of carbonyl (C=O) groups excluding carboxylic acids is 2. The van der Waals surface area contributed by atoms with E-state index in [4.69, 9.17) is 26.1 Å². The van der Waals surface area contributed by atoms with Gasteiger partial charge in [-0.1, -0.05) is 31.5 Å². The Morgan fingerprint density at radius 2 is 2.03 bits per heavy atom. The summed E-state index contributed by atoms with van der Waals surface area (Å²) in [7, 11) is 1.69. The van der Waals surface area contributed by atoms with Crippen LogP contribution < -0.4 is 5.32 Å². The molecule has 1 N–H and O–H groups in total. The number of ether oxygens (including phenoxy) is 2. The largest absolute Gasteiger partial charge is 0.385 e. The summed E-state index contributed by atoms with van der Waals surface area (Å²) in [6.07, 6.45) is 2.36. The Balaban J connectivity index is 1.60. The number of imidazole rings is 1. The number of aromatic nitrogens is 2. The molecule has 2 atom stereocenters. The van der Waals surface area contributed by atoms with Gasteiger partial charge >= 0.3 is 0 Å². The maximum atomic E-state index is 14.2. The number of piperidine rings is 1. The third kappa shape index (κ3) is 6.63. The first-order chi connectivity index (χ1) is 17.9. The Morgan fingerprint density at radius 1 is 1.24 bits per heavy atom. The zero-order valence-corrected chi connectivity index (χ0v) is 23.0. The van der Waals surface area contributed by atoms with Gasteiger partial charge in [0.1, 0.15) is 0 Å². The summed E-state index contributed by atoms with van der Waals surface area (Å²) < 4.78 is 12.6. The number of hydrogen-bond donors (Lipinski definition) is 1. The van der Waals surface area contributed by atoms with E-state index in [0.717, 1.165) is 18.4 Å². The number of hydrogen-bond acceptors (Lipinski definition) is 6. The van der Waals surface area contributed by atoms with Crippen molar-refractivity contribution in [2.24, 2.45) is 11.8 Å². The van der Waals surface area contributed by atoms with Gasteiger partial charge in [-0.25, -0.2) is 4.98 Å². The van der Waals surface area contributed by atoms with Crippen molar-refractivity contribution in [1.29, 1.82) is 0 Å². The molecule has 2 fully saturated rings. The SMILES string of the molecule is COCCCCn1c(C(=O)N(CC(C)C)[C@@H]2CNCC(C(=O)N3CCOCC3)C2)nc2cccc(Cl)c21. The van der Waals surface area contributed by atoms with Crippen LogP contribution >= 0.6 is 11.6 Å². The fourth-order valence-electron chi connectivity index (χ4n) is 5.35. The molecule has 0 spiro atoms. The highest BCUT2D eigenvalue weighted by molar-refractivity contribution is 6.35. The van der Waals surface area contributed by atoms with Crippen LogP contribution in [0.3, 0.4) is 0 Å². The van der Waals surface area contributed by atoms with E-state index >= 15 is 0 Å². The lowest BCUT2D eigenvalue weighted by molar-refractivity contribution is -0.140. The van der Waals surface area contributed by atoms with Crippen molar-refractivity contribution in [2.45, 2.75) is 45.7 Å².